The van der Waals surface area contributed by atoms with E-state index in [2.05, 4.69) is 50.3 Å². The number of aliphatic carboxylic acids is 1. The number of carboxylic acid groups (broad SMARTS) is 1. The second-order valence-corrected chi connectivity index (χ2v) is 17.0. The summed E-state index contributed by atoms with van der Waals surface area (Å²) in [7, 11) is -4.62. The van der Waals surface area contributed by atoms with Gasteiger partial charge < -0.3 is 25.2 Å². The van der Waals surface area contributed by atoms with Crippen LogP contribution in [0.5, 0.6) is 0 Å². The summed E-state index contributed by atoms with van der Waals surface area (Å²) >= 11 is 0. The van der Waals surface area contributed by atoms with Crippen LogP contribution in [0.2, 0.25) is 0 Å². The van der Waals surface area contributed by atoms with Gasteiger partial charge >= 0.3 is 19.8 Å². The van der Waals surface area contributed by atoms with Crippen molar-refractivity contribution >= 4 is 19.8 Å². The second kappa shape index (κ2) is 42.3. The highest BCUT2D eigenvalue weighted by molar-refractivity contribution is 7.47. The van der Waals surface area contributed by atoms with Gasteiger partial charge in [-0.05, 0) is 64.2 Å². The molecule has 0 aromatic heterocycles. The highest BCUT2D eigenvalue weighted by Gasteiger charge is 2.27. The van der Waals surface area contributed by atoms with Crippen LogP contribution in [-0.2, 0) is 32.7 Å². The molecule has 0 bridgehead atoms. The van der Waals surface area contributed by atoms with Crippen LogP contribution in [0, 0.1) is 0 Å². The molecule has 10 nitrogen and oxygen atoms in total. The molecule has 0 heterocycles. The third-order valence-electron chi connectivity index (χ3n) is 9.87. The number of hydrogen-bond acceptors (Lipinski definition) is 8. The summed E-state index contributed by atoms with van der Waals surface area (Å²) in [5, 5.41) is 8.90. The molecule has 334 valence electrons. The monoisotopic (exact) mass is 828 g/mol. The molecule has 4 N–H and O–H groups in total. The van der Waals surface area contributed by atoms with Crippen molar-refractivity contribution in [1.82, 2.24) is 0 Å². The number of nitrogens with two attached hydrogens (primary N) is 1. The molecular weight excluding hydrogens is 741 g/mol. The molecule has 0 amide bonds. The van der Waals surface area contributed by atoms with Crippen LogP contribution in [0.25, 0.3) is 0 Å². The number of unbranched alkanes of at least 4 members (excludes halogenated alkanes) is 24. The molecule has 57 heavy (non-hydrogen) atoms. The van der Waals surface area contributed by atoms with Crippen molar-refractivity contribution < 1.29 is 42.7 Å². The van der Waals surface area contributed by atoms with Gasteiger partial charge in [0.05, 0.1) is 19.8 Å². The maximum atomic E-state index is 12.7. The van der Waals surface area contributed by atoms with Crippen LogP contribution in [-0.4, -0.2) is 60.5 Å². The Hall–Kier alpha value is -1.81. The lowest BCUT2D eigenvalue weighted by molar-refractivity contribution is -0.154. The Morgan fingerprint density at radius 2 is 1.00 bits per heavy atom. The number of rotatable bonds is 44. The number of phosphoric ester groups is 1. The predicted octanol–water partition coefficient (Wildman–Crippen LogP) is 12.9. The number of hydrogen-bond donors (Lipinski definition) is 3. The highest BCUT2D eigenvalue weighted by atomic mass is 31.2. The lowest BCUT2D eigenvalue weighted by atomic mass is 10.1. The third kappa shape index (κ3) is 42.1. The van der Waals surface area contributed by atoms with Crippen LogP contribution in [0.15, 0.2) is 36.5 Å². The zero-order chi connectivity index (χ0) is 41.9. The van der Waals surface area contributed by atoms with Crippen LogP contribution in [0.4, 0.5) is 0 Å². The maximum absolute atomic E-state index is 12.7. The first-order valence-electron chi connectivity index (χ1n) is 23.0. The molecule has 3 atom stereocenters. The predicted molar refractivity (Wildman–Crippen MR) is 235 cm³/mol. The van der Waals surface area contributed by atoms with Gasteiger partial charge in [0.1, 0.15) is 12.1 Å². The molecule has 0 aliphatic heterocycles. The van der Waals surface area contributed by atoms with E-state index in [9.17, 15) is 19.0 Å². The molecule has 0 saturated heterocycles. The van der Waals surface area contributed by atoms with E-state index in [1.807, 2.05) is 0 Å². The van der Waals surface area contributed by atoms with E-state index < -0.39 is 45.1 Å². The van der Waals surface area contributed by atoms with Gasteiger partial charge in [-0.25, -0.2) is 4.57 Å². The van der Waals surface area contributed by atoms with Crippen molar-refractivity contribution in [3.05, 3.63) is 36.5 Å². The molecule has 11 heteroatoms. The number of carbonyl (C=O) groups excluding carboxylic acids is 1. The van der Waals surface area contributed by atoms with E-state index in [-0.39, 0.29) is 13.0 Å². The highest BCUT2D eigenvalue weighted by Crippen LogP contribution is 2.43. The Balaban J connectivity index is 4.18. The molecule has 0 aliphatic rings. The lowest BCUT2D eigenvalue weighted by Crippen LogP contribution is -2.34. The second-order valence-electron chi connectivity index (χ2n) is 15.5. The van der Waals surface area contributed by atoms with Crippen molar-refractivity contribution in [3.8, 4) is 0 Å². The molecule has 0 rings (SSSR count). The van der Waals surface area contributed by atoms with Crippen molar-refractivity contribution in [2.45, 2.75) is 219 Å². The van der Waals surface area contributed by atoms with E-state index >= 15 is 0 Å². The Bertz CT molecular complexity index is 1050. The maximum Gasteiger partial charge on any atom is 0.472 e. The smallest absolute Gasteiger partial charge is 0.472 e. The minimum absolute atomic E-state index is 0.00986. The summed E-state index contributed by atoms with van der Waals surface area (Å²) in [6.07, 6.45) is 47.7. The van der Waals surface area contributed by atoms with Crippen LogP contribution >= 0.6 is 7.82 Å². The fourth-order valence-corrected chi connectivity index (χ4v) is 7.06. The normalized spacial score (nSPS) is 14.2. The van der Waals surface area contributed by atoms with Crippen LogP contribution in [0.1, 0.15) is 206 Å². The third-order valence-corrected chi connectivity index (χ3v) is 10.8. The fraction of sp³-hybridized carbons (Fsp3) is 0.826. The van der Waals surface area contributed by atoms with Crippen LogP contribution < -0.4 is 5.73 Å². The first-order chi connectivity index (χ1) is 27.7. The van der Waals surface area contributed by atoms with E-state index in [0.717, 1.165) is 57.8 Å². The van der Waals surface area contributed by atoms with Gasteiger partial charge in [0, 0.05) is 13.0 Å². The number of carboxylic acids is 1. The first kappa shape index (κ1) is 55.2. The summed E-state index contributed by atoms with van der Waals surface area (Å²) in [5.41, 5.74) is 5.36. The summed E-state index contributed by atoms with van der Waals surface area (Å²) in [6.45, 7) is 3.81. The van der Waals surface area contributed by atoms with Gasteiger partial charge in [0.25, 0.3) is 0 Å². The first-order valence-corrected chi connectivity index (χ1v) is 24.5. The van der Waals surface area contributed by atoms with Crippen molar-refractivity contribution in [3.63, 3.8) is 0 Å². The number of allylic oxidation sites excluding steroid dienone is 6. The lowest BCUT2D eigenvalue weighted by Gasteiger charge is -2.20. The van der Waals surface area contributed by atoms with E-state index in [1.54, 1.807) is 0 Å². The summed E-state index contributed by atoms with van der Waals surface area (Å²) in [6, 6.07) is -1.47. The quantitative estimate of drug-likeness (QED) is 0.0234. The number of esters is 1. The average molecular weight is 828 g/mol. The number of carbonyl (C=O) groups is 2. The minimum Gasteiger partial charge on any atom is -0.480 e. The zero-order valence-electron chi connectivity index (χ0n) is 36.4. The minimum atomic E-state index is -4.62. The van der Waals surface area contributed by atoms with Crippen molar-refractivity contribution in [1.29, 1.82) is 0 Å². The molecule has 0 fully saturated rings. The average Bonchev–Trinajstić information content (AvgIpc) is 3.19. The summed E-state index contributed by atoms with van der Waals surface area (Å²) in [4.78, 5) is 33.6. The number of ether oxygens (including phenoxy) is 2. The standard InChI is InChI=1S/C46H86NO9P/c1-3-5-7-9-11-13-15-17-19-20-21-22-23-24-25-26-28-30-32-34-36-38-45(48)56-43(41-54-57(51,52)55-42-44(47)46(49)50)40-53-39-37-35-33-31-29-27-18-16-14-12-10-8-6-4-2/h8,10,14,16,20-21,43-44H,3-7,9,11-13,15,17-19,22-42,47H2,1-2H3,(H,49,50)(H,51,52)/b10-8-,16-14-,21-20-. The molecule has 0 aromatic carbocycles. The zero-order valence-corrected chi connectivity index (χ0v) is 37.3. The Kier molecular flexibility index (Phi) is 41.0. The summed E-state index contributed by atoms with van der Waals surface area (Å²) in [5.74, 6) is -1.78. The van der Waals surface area contributed by atoms with Gasteiger partial charge in [-0.3, -0.25) is 18.6 Å². The molecule has 0 aromatic rings. The summed E-state index contributed by atoms with van der Waals surface area (Å²) < 4.78 is 33.4. The van der Waals surface area contributed by atoms with E-state index in [0.29, 0.717) is 13.0 Å². The van der Waals surface area contributed by atoms with Crippen molar-refractivity contribution in [2.24, 2.45) is 5.73 Å². The molecule has 0 saturated carbocycles. The van der Waals surface area contributed by atoms with Gasteiger partial charge in [0.2, 0.25) is 0 Å². The largest absolute Gasteiger partial charge is 0.480 e. The Morgan fingerprint density at radius 1 is 0.561 bits per heavy atom. The molecule has 0 radical (unpaired) electrons. The Labute approximate surface area is 348 Å². The molecular formula is C46H86NO9P. The van der Waals surface area contributed by atoms with Gasteiger partial charge in [-0.1, -0.05) is 172 Å². The Morgan fingerprint density at radius 3 is 1.51 bits per heavy atom. The molecule has 0 spiro atoms. The fourth-order valence-electron chi connectivity index (χ4n) is 6.28. The number of phosphoric acid groups is 1. The molecule has 3 unspecified atom stereocenters. The van der Waals surface area contributed by atoms with E-state index in [1.165, 1.54) is 122 Å². The molecule has 0 aliphatic carbocycles. The van der Waals surface area contributed by atoms with Crippen molar-refractivity contribution in [2.75, 3.05) is 26.4 Å². The van der Waals surface area contributed by atoms with Gasteiger partial charge in [0.15, 0.2) is 0 Å². The van der Waals surface area contributed by atoms with Gasteiger partial charge in [-0.2, -0.15) is 0 Å². The SMILES string of the molecule is CCC/C=C\C/C=C\CCCCCCCCOCC(COP(=O)(O)OCC(N)C(=O)O)OC(=O)CCCCCCCCCCC/C=C\CCCCCCCCCC. The topological polar surface area (TPSA) is 155 Å². The van der Waals surface area contributed by atoms with Gasteiger partial charge in [-0.15, -0.1) is 0 Å². The van der Waals surface area contributed by atoms with Crippen LogP contribution in [0.3, 0.4) is 0 Å². The van der Waals surface area contributed by atoms with E-state index in [4.69, 9.17) is 29.4 Å².